The third kappa shape index (κ3) is 3.26. The van der Waals surface area contributed by atoms with Crippen molar-refractivity contribution in [1.82, 2.24) is 0 Å². The van der Waals surface area contributed by atoms with E-state index in [9.17, 15) is 14.9 Å². The van der Waals surface area contributed by atoms with Crippen LogP contribution in [0.5, 0.6) is 0 Å². The first kappa shape index (κ1) is 15.9. The molecule has 1 unspecified atom stereocenters. The van der Waals surface area contributed by atoms with Crippen molar-refractivity contribution in [3.8, 4) is 0 Å². The fourth-order valence-corrected chi connectivity index (χ4v) is 1.88. The number of hydrogen-bond acceptors (Lipinski definition) is 4. The van der Waals surface area contributed by atoms with Gasteiger partial charge in [0.05, 0.1) is 10.5 Å². The number of nitro benzene ring substituents is 1. The zero-order valence-electron chi connectivity index (χ0n) is 12.4. The third-order valence-corrected chi connectivity index (χ3v) is 3.63. The molecule has 1 aromatic carbocycles. The highest BCUT2D eigenvalue weighted by Crippen LogP contribution is 2.34. The summed E-state index contributed by atoms with van der Waals surface area (Å²) in [4.78, 5) is 23.4. The molecule has 6 nitrogen and oxygen atoms in total. The zero-order valence-corrected chi connectivity index (χ0v) is 12.4. The van der Waals surface area contributed by atoms with Crippen LogP contribution in [0.4, 0.5) is 11.4 Å². The minimum atomic E-state index is -1.10. The fraction of sp³-hybridized carbons (Fsp3) is 0.500. The van der Waals surface area contributed by atoms with Crippen molar-refractivity contribution in [2.24, 2.45) is 5.41 Å². The molecule has 0 fully saturated rings. The van der Waals surface area contributed by atoms with Gasteiger partial charge in [-0.2, -0.15) is 0 Å². The first-order chi connectivity index (χ1) is 9.05. The standard InChI is InChI=1S/C14H20N2O4/c1-9(14(2,3)4)15(5)12-8-10(13(17)18)6-7-11(12)16(19)20/h6-9H,1-5H3,(H,17,18). The molecule has 0 heterocycles. The predicted molar refractivity (Wildman–Crippen MR) is 77.4 cm³/mol. The Bertz CT molecular complexity index is 534. The quantitative estimate of drug-likeness (QED) is 0.676. The maximum atomic E-state index is 11.1. The van der Waals surface area contributed by atoms with Gasteiger partial charge in [-0.1, -0.05) is 20.8 Å². The molecule has 1 atom stereocenters. The number of hydrogen-bond donors (Lipinski definition) is 1. The minimum absolute atomic E-state index is 0.00486. The maximum Gasteiger partial charge on any atom is 0.335 e. The van der Waals surface area contributed by atoms with E-state index in [0.717, 1.165) is 0 Å². The van der Waals surface area contributed by atoms with Crippen LogP contribution in [-0.4, -0.2) is 29.1 Å². The highest BCUT2D eigenvalue weighted by molar-refractivity contribution is 5.90. The van der Waals surface area contributed by atoms with Crippen LogP contribution in [0, 0.1) is 15.5 Å². The van der Waals surface area contributed by atoms with E-state index in [4.69, 9.17) is 5.11 Å². The van der Waals surface area contributed by atoms with Crippen LogP contribution in [0.15, 0.2) is 18.2 Å². The molecule has 0 aliphatic carbocycles. The number of rotatable bonds is 4. The van der Waals surface area contributed by atoms with E-state index in [2.05, 4.69) is 0 Å². The van der Waals surface area contributed by atoms with E-state index in [0.29, 0.717) is 5.69 Å². The van der Waals surface area contributed by atoms with Crippen molar-refractivity contribution < 1.29 is 14.8 Å². The summed E-state index contributed by atoms with van der Waals surface area (Å²) >= 11 is 0. The van der Waals surface area contributed by atoms with Gasteiger partial charge < -0.3 is 10.0 Å². The van der Waals surface area contributed by atoms with Gasteiger partial charge in [0.25, 0.3) is 5.69 Å². The lowest BCUT2D eigenvalue weighted by molar-refractivity contribution is -0.384. The van der Waals surface area contributed by atoms with E-state index in [1.54, 1.807) is 11.9 Å². The van der Waals surface area contributed by atoms with Crippen LogP contribution in [0.2, 0.25) is 0 Å². The summed E-state index contributed by atoms with van der Waals surface area (Å²) in [6.07, 6.45) is 0. The number of anilines is 1. The molecule has 1 rings (SSSR count). The number of carboxylic acid groups (broad SMARTS) is 1. The van der Waals surface area contributed by atoms with Gasteiger partial charge in [0.15, 0.2) is 0 Å². The molecule has 0 aliphatic heterocycles. The molecule has 6 heteroatoms. The van der Waals surface area contributed by atoms with Gasteiger partial charge in [0.1, 0.15) is 5.69 Å². The van der Waals surface area contributed by atoms with Crippen molar-refractivity contribution >= 4 is 17.3 Å². The molecular formula is C14H20N2O4. The van der Waals surface area contributed by atoms with Gasteiger partial charge in [0.2, 0.25) is 0 Å². The monoisotopic (exact) mass is 280 g/mol. The normalized spacial score (nSPS) is 12.8. The second-order valence-corrected chi connectivity index (χ2v) is 5.92. The van der Waals surface area contributed by atoms with E-state index in [1.165, 1.54) is 18.2 Å². The summed E-state index contributed by atoms with van der Waals surface area (Å²) in [6, 6.07) is 3.85. The van der Waals surface area contributed by atoms with Gasteiger partial charge in [-0.3, -0.25) is 10.1 Å². The summed E-state index contributed by atoms with van der Waals surface area (Å²) in [7, 11) is 1.74. The van der Waals surface area contributed by atoms with E-state index in [-0.39, 0.29) is 22.7 Å². The summed E-state index contributed by atoms with van der Waals surface area (Å²) in [5, 5.41) is 20.1. The molecule has 20 heavy (non-hydrogen) atoms. The van der Waals surface area contributed by atoms with Gasteiger partial charge >= 0.3 is 5.97 Å². The maximum absolute atomic E-state index is 11.1. The first-order valence-electron chi connectivity index (χ1n) is 6.30. The van der Waals surface area contributed by atoms with Gasteiger partial charge in [-0.05, 0) is 24.5 Å². The van der Waals surface area contributed by atoms with Crippen LogP contribution in [0.1, 0.15) is 38.1 Å². The molecule has 110 valence electrons. The Balaban J connectivity index is 3.36. The van der Waals surface area contributed by atoms with Crippen molar-refractivity contribution in [3.05, 3.63) is 33.9 Å². The Hall–Kier alpha value is -2.11. The Labute approximate surface area is 118 Å². The number of aromatic carboxylic acids is 1. The smallest absolute Gasteiger partial charge is 0.335 e. The van der Waals surface area contributed by atoms with Gasteiger partial charge in [0, 0.05) is 19.2 Å². The summed E-state index contributed by atoms with van der Waals surface area (Å²) in [6.45, 7) is 8.04. The molecular weight excluding hydrogens is 260 g/mol. The predicted octanol–water partition coefficient (Wildman–Crippen LogP) is 3.16. The number of carboxylic acids is 1. The molecule has 0 bridgehead atoms. The lowest BCUT2D eigenvalue weighted by Gasteiger charge is -2.36. The van der Waals surface area contributed by atoms with Crippen LogP contribution in [-0.2, 0) is 0 Å². The Morgan fingerprint density at radius 3 is 2.35 bits per heavy atom. The Morgan fingerprint density at radius 2 is 1.95 bits per heavy atom. The molecule has 0 spiro atoms. The van der Waals surface area contributed by atoms with E-state index < -0.39 is 10.9 Å². The van der Waals surface area contributed by atoms with E-state index in [1.807, 2.05) is 27.7 Å². The molecule has 1 aromatic rings. The molecule has 0 aliphatic rings. The summed E-state index contributed by atoms with van der Waals surface area (Å²) in [5.41, 5.74) is 0.173. The largest absolute Gasteiger partial charge is 0.478 e. The van der Waals surface area contributed by atoms with Crippen molar-refractivity contribution in [1.29, 1.82) is 0 Å². The number of nitro groups is 1. The molecule has 0 radical (unpaired) electrons. The van der Waals surface area contributed by atoms with Crippen LogP contribution in [0.25, 0.3) is 0 Å². The van der Waals surface area contributed by atoms with Crippen LogP contribution >= 0.6 is 0 Å². The average molecular weight is 280 g/mol. The van der Waals surface area contributed by atoms with E-state index >= 15 is 0 Å². The van der Waals surface area contributed by atoms with Crippen molar-refractivity contribution in [3.63, 3.8) is 0 Å². The number of benzene rings is 1. The molecule has 0 saturated carbocycles. The first-order valence-corrected chi connectivity index (χ1v) is 6.30. The third-order valence-electron chi connectivity index (χ3n) is 3.63. The highest BCUT2D eigenvalue weighted by Gasteiger charge is 2.28. The number of nitrogens with zero attached hydrogens (tertiary/aromatic N) is 2. The van der Waals surface area contributed by atoms with Crippen molar-refractivity contribution in [2.45, 2.75) is 33.7 Å². The second-order valence-electron chi connectivity index (χ2n) is 5.92. The topological polar surface area (TPSA) is 83.7 Å². The summed E-state index contributed by atoms with van der Waals surface area (Å²) in [5.74, 6) is -1.10. The molecule has 0 saturated heterocycles. The fourth-order valence-electron chi connectivity index (χ4n) is 1.88. The lowest BCUT2D eigenvalue weighted by atomic mass is 9.87. The Morgan fingerprint density at radius 1 is 1.40 bits per heavy atom. The molecule has 1 N–H and O–H groups in total. The van der Waals surface area contributed by atoms with Gasteiger partial charge in [-0.15, -0.1) is 0 Å². The van der Waals surface area contributed by atoms with Crippen molar-refractivity contribution in [2.75, 3.05) is 11.9 Å². The summed E-state index contributed by atoms with van der Waals surface area (Å²) < 4.78 is 0. The molecule has 0 aromatic heterocycles. The average Bonchev–Trinajstić information content (AvgIpc) is 2.34. The highest BCUT2D eigenvalue weighted by atomic mass is 16.6. The van der Waals surface area contributed by atoms with Crippen LogP contribution in [0.3, 0.4) is 0 Å². The lowest BCUT2D eigenvalue weighted by Crippen LogP contribution is -2.39. The SMILES string of the molecule is CC(N(C)c1cc(C(=O)O)ccc1[N+](=O)[O-])C(C)(C)C. The zero-order chi connectivity index (χ0) is 15.7. The number of carbonyl (C=O) groups is 1. The van der Waals surface area contributed by atoms with Crippen LogP contribution < -0.4 is 4.90 Å². The Kier molecular flexibility index (Phi) is 4.37. The van der Waals surface area contributed by atoms with Gasteiger partial charge in [-0.25, -0.2) is 4.79 Å². The second kappa shape index (κ2) is 5.48. The minimum Gasteiger partial charge on any atom is -0.478 e. The molecule has 0 amide bonds.